The van der Waals surface area contributed by atoms with Gasteiger partial charge in [-0.05, 0) is 56.3 Å². The van der Waals surface area contributed by atoms with E-state index in [1.807, 2.05) is 61.7 Å². The highest BCUT2D eigenvalue weighted by Crippen LogP contribution is 2.23. The third-order valence-electron chi connectivity index (χ3n) is 4.00. The first-order valence-electron chi connectivity index (χ1n) is 8.88. The normalized spacial score (nSPS) is 11.0. The molecule has 1 aromatic carbocycles. The van der Waals surface area contributed by atoms with Crippen LogP contribution in [-0.4, -0.2) is 25.0 Å². The number of thiazole rings is 1. The van der Waals surface area contributed by atoms with Gasteiger partial charge < -0.3 is 4.74 Å². The van der Waals surface area contributed by atoms with Crippen LogP contribution in [0.1, 0.15) is 22.1 Å². The Hall–Kier alpha value is -2.42. The van der Waals surface area contributed by atoms with E-state index in [0.717, 1.165) is 44.4 Å². The summed E-state index contributed by atoms with van der Waals surface area (Å²) in [5, 5.41) is 17.5. The Labute approximate surface area is 181 Å². The summed E-state index contributed by atoms with van der Waals surface area (Å²) in [7, 11) is 0. The highest BCUT2D eigenvalue weighted by Gasteiger charge is 2.08. The van der Waals surface area contributed by atoms with Crippen LogP contribution in [0.15, 0.2) is 52.9 Å². The number of halogens is 1. The van der Waals surface area contributed by atoms with Gasteiger partial charge in [-0.2, -0.15) is 5.10 Å². The first kappa shape index (κ1) is 19.9. The van der Waals surface area contributed by atoms with E-state index in [2.05, 4.69) is 20.3 Å². The van der Waals surface area contributed by atoms with Crippen LogP contribution in [0.2, 0.25) is 5.02 Å². The fourth-order valence-corrected chi connectivity index (χ4v) is 4.31. The zero-order valence-corrected chi connectivity index (χ0v) is 18.3. The molecule has 0 N–H and O–H groups in total. The van der Waals surface area contributed by atoms with E-state index in [9.17, 15) is 0 Å². The van der Waals surface area contributed by atoms with Crippen molar-refractivity contribution >= 4 is 34.7 Å². The lowest BCUT2D eigenvalue weighted by Gasteiger charge is -2.04. The first-order chi connectivity index (χ1) is 14.1. The summed E-state index contributed by atoms with van der Waals surface area (Å²) in [6.07, 6.45) is 0. The van der Waals surface area contributed by atoms with E-state index >= 15 is 0 Å². The Morgan fingerprint density at radius 3 is 2.62 bits per heavy atom. The molecule has 0 aliphatic rings. The van der Waals surface area contributed by atoms with Gasteiger partial charge in [-0.1, -0.05) is 23.4 Å². The number of benzene rings is 1. The monoisotopic (exact) mass is 443 g/mol. The molecule has 0 saturated heterocycles. The van der Waals surface area contributed by atoms with Crippen molar-refractivity contribution in [1.29, 1.82) is 0 Å². The van der Waals surface area contributed by atoms with Gasteiger partial charge in [-0.3, -0.25) is 0 Å². The molecular weight excluding hydrogens is 426 g/mol. The van der Waals surface area contributed by atoms with E-state index in [4.69, 9.17) is 16.3 Å². The number of nitrogens with zero attached hydrogens (tertiary/aromatic N) is 5. The van der Waals surface area contributed by atoms with E-state index in [-0.39, 0.29) is 0 Å². The molecule has 0 amide bonds. The lowest BCUT2D eigenvalue weighted by molar-refractivity contribution is 0.305. The minimum Gasteiger partial charge on any atom is -0.486 e. The lowest BCUT2D eigenvalue weighted by atomic mass is 10.3. The van der Waals surface area contributed by atoms with Crippen LogP contribution in [0.3, 0.4) is 0 Å². The first-order valence-corrected chi connectivity index (χ1v) is 11.1. The van der Waals surface area contributed by atoms with Crippen molar-refractivity contribution < 1.29 is 4.74 Å². The molecule has 0 radical (unpaired) electrons. The molecular formula is C20H18ClN5OS2. The number of aryl methyl sites for hydroxylation is 2. The molecule has 29 heavy (non-hydrogen) atoms. The molecule has 9 heteroatoms. The van der Waals surface area contributed by atoms with Crippen LogP contribution in [-0.2, 0) is 12.4 Å². The number of thioether (sulfide) groups is 1. The zero-order chi connectivity index (χ0) is 20.2. The second-order valence-electron chi connectivity index (χ2n) is 6.33. The summed E-state index contributed by atoms with van der Waals surface area (Å²) in [6.45, 7) is 4.40. The number of ether oxygens (including phenoxy) is 1. The van der Waals surface area contributed by atoms with Crippen molar-refractivity contribution in [2.24, 2.45) is 0 Å². The van der Waals surface area contributed by atoms with Gasteiger partial charge in [0.05, 0.1) is 11.4 Å². The minimum atomic E-state index is 0.439. The molecule has 3 aromatic heterocycles. The second kappa shape index (κ2) is 8.94. The van der Waals surface area contributed by atoms with Crippen LogP contribution in [0.5, 0.6) is 5.75 Å². The maximum absolute atomic E-state index is 5.88. The maximum atomic E-state index is 5.88. The van der Waals surface area contributed by atoms with Gasteiger partial charge in [0.2, 0.25) is 0 Å². The standard InChI is InChI=1S/C20H18ClN5OS2/c1-13-9-14(2)26(25-13)18-7-8-19(24-23-18)28-11-16-12-29-20(22-16)10-27-17-5-3-15(21)4-6-17/h3-9,12H,10-11H2,1-2H3. The Balaban J connectivity index is 1.31. The fourth-order valence-electron chi connectivity index (χ4n) is 2.67. The van der Waals surface area contributed by atoms with Gasteiger partial charge in [0.1, 0.15) is 22.4 Å². The van der Waals surface area contributed by atoms with Crippen molar-refractivity contribution in [3.8, 4) is 11.6 Å². The summed E-state index contributed by atoms with van der Waals surface area (Å²) >= 11 is 9.07. The summed E-state index contributed by atoms with van der Waals surface area (Å²) in [4.78, 5) is 4.62. The largest absolute Gasteiger partial charge is 0.486 e. The second-order valence-corrected chi connectivity index (χ2v) is 8.71. The predicted octanol–water partition coefficient (Wildman–Crippen LogP) is 5.26. The fraction of sp³-hybridized carbons (Fsp3) is 0.200. The molecule has 4 rings (SSSR count). The van der Waals surface area contributed by atoms with Crippen LogP contribution >= 0.6 is 34.7 Å². The van der Waals surface area contributed by atoms with E-state index < -0.39 is 0 Å². The van der Waals surface area contributed by atoms with Crippen molar-refractivity contribution in [2.75, 3.05) is 0 Å². The third kappa shape index (κ3) is 5.14. The van der Waals surface area contributed by atoms with Gasteiger partial charge in [-0.15, -0.1) is 21.5 Å². The summed E-state index contributed by atoms with van der Waals surface area (Å²) < 4.78 is 7.54. The zero-order valence-electron chi connectivity index (χ0n) is 15.9. The van der Waals surface area contributed by atoms with Crippen LogP contribution < -0.4 is 4.74 Å². The average Bonchev–Trinajstić information content (AvgIpc) is 3.32. The topological polar surface area (TPSA) is 65.7 Å². The lowest BCUT2D eigenvalue weighted by Crippen LogP contribution is -2.03. The molecule has 0 atom stereocenters. The van der Waals surface area contributed by atoms with Gasteiger partial charge in [0, 0.05) is 21.8 Å². The molecule has 0 aliphatic heterocycles. The van der Waals surface area contributed by atoms with Gasteiger partial charge in [0.15, 0.2) is 5.82 Å². The van der Waals surface area contributed by atoms with E-state index in [0.29, 0.717) is 11.6 Å². The van der Waals surface area contributed by atoms with Crippen molar-refractivity contribution in [1.82, 2.24) is 25.0 Å². The van der Waals surface area contributed by atoms with Crippen molar-refractivity contribution in [3.63, 3.8) is 0 Å². The molecule has 0 unspecified atom stereocenters. The molecule has 3 heterocycles. The Bertz CT molecular complexity index is 1090. The van der Waals surface area contributed by atoms with Crippen LogP contribution in [0, 0.1) is 13.8 Å². The summed E-state index contributed by atoms with van der Waals surface area (Å²) in [5.41, 5.74) is 2.99. The van der Waals surface area contributed by atoms with E-state index in [1.165, 1.54) is 0 Å². The molecule has 0 spiro atoms. The molecule has 0 aliphatic carbocycles. The Kier molecular flexibility index (Phi) is 6.13. The average molecular weight is 444 g/mol. The van der Waals surface area contributed by atoms with Crippen LogP contribution in [0.25, 0.3) is 5.82 Å². The molecule has 6 nitrogen and oxygen atoms in total. The third-order valence-corrected chi connectivity index (χ3v) is 6.07. The maximum Gasteiger partial charge on any atom is 0.175 e. The highest BCUT2D eigenvalue weighted by molar-refractivity contribution is 7.98. The smallest absolute Gasteiger partial charge is 0.175 e. The predicted molar refractivity (Wildman–Crippen MR) is 116 cm³/mol. The quantitative estimate of drug-likeness (QED) is 0.363. The Morgan fingerprint density at radius 1 is 1.10 bits per heavy atom. The van der Waals surface area contributed by atoms with Crippen LogP contribution in [0.4, 0.5) is 0 Å². The minimum absolute atomic E-state index is 0.439. The van der Waals surface area contributed by atoms with Gasteiger partial charge in [0.25, 0.3) is 0 Å². The molecule has 0 bridgehead atoms. The number of hydrogen-bond donors (Lipinski definition) is 0. The Morgan fingerprint density at radius 2 is 1.93 bits per heavy atom. The van der Waals surface area contributed by atoms with Gasteiger partial charge >= 0.3 is 0 Å². The summed E-state index contributed by atoms with van der Waals surface area (Å²) in [6, 6.07) is 13.2. The van der Waals surface area contributed by atoms with Crippen molar-refractivity contribution in [3.05, 3.63) is 75.0 Å². The SMILES string of the molecule is Cc1cc(C)n(-c2ccc(SCc3csc(COc4ccc(Cl)cc4)n3)nn2)n1. The summed E-state index contributed by atoms with van der Waals surface area (Å²) in [5.74, 6) is 2.22. The highest BCUT2D eigenvalue weighted by atomic mass is 35.5. The van der Waals surface area contributed by atoms with E-state index in [1.54, 1.807) is 27.8 Å². The number of aromatic nitrogens is 5. The molecule has 0 fully saturated rings. The molecule has 4 aromatic rings. The van der Waals surface area contributed by atoms with Gasteiger partial charge in [-0.25, -0.2) is 9.67 Å². The number of hydrogen-bond acceptors (Lipinski definition) is 7. The molecule has 148 valence electrons. The van der Waals surface area contributed by atoms with Crippen molar-refractivity contribution in [2.45, 2.75) is 31.2 Å². The molecule has 0 saturated carbocycles. The number of rotatable bonds is 7.